The number of anilines is 1. The summed E-state index contributed by atoms with van der Waals surface area (Å²) in [6, 6.07) is 0.0835. The summed E-state index contributed by atoms with van der Waals surface area (Å²) in [6.45, 7) is 10.9. The van der Waals surface area contributed by atoms with E-state index in [0.717, 1.165) is 12.1 Å². The first kappa shape index (κ1) is 15.8. The number of rotatable bonds is 5. The second-order valence-corrected chi connectivity index (χ2v) is 6.58. The molecular formula is C15H26N4O2. The Bertz CT molecular complexity index is 522. The molecule has 1 fully saturated rings. The molecule has 6 heteroatoms. The Morgan fingerprint density at radius 3 is 2.71 bits per heavy atom. The van der Waals surface area contributed by atoms with Crippen LogP contribution in [-0.2, 0) is 4.74 Å². The fourth-order valence-corrected chi connectivity index (χ4v) is 2.82. The predicted octanol–water partition coefficient (Wildman–Crippen LogP) is 2.05. The fraction of sp³-hybridized carbons (Fsp3) is 0.733. The van der Waals surface area contributed by atoms with Crippen molar-refractivity contribution < 1.29 is 9.53 Å². The van der Waals surface area contributed by atoms with E-state index < -0.39 is 0 Å². The van der Waals surface area contributed by atoms with Gasteiger partial charge in [0.1, 0.15) is 0 Å². The number of hydrogen-bond donors (Lipinski definition) is 3. The molecule has 0 spiro atoms. The van der Waals surface area contributed by atoms with Gasteiger partial charge in [0.2, 0.25) is 0 Å². The van der Waals surface area contributed by atoms with Gasteiger partial charge in [-0.3, -0.25) is 9.89 Å². The zero-order valence-corrected chi connectivity index (χ0v) is 13.5. The maximum absolute atomic E-state index is 12.3. The summed E-state index contributed by atoms with van der Waals surface area (Å²) in [5, 5.41) is 9.93. The van der Waals surface area contributed by atoms with Crippen LogP contribution in [0.25, 0.3) is 0 Å². The van der Waals surface area contributed by atoms with Gasteiger partial charge in [0.25, 0.3) is 5.91 Å². The van der Waals surface area contributed by atoms with Gasteiger partial charge in [-0.15, -0.1) is 0 Å². The molecule has 1 aromatic rings. The second kappa shape index (κ2) is 5.67. The number of nitrogens with zero attached hydrogens (tertiary/aromatic N) is 1. The van der Waals surface area contributed by atoms with E-state index in [4.69, 9.17) is 10.5 Å². The molecule has 1 amide bonds. The fourth-order valence-electron chi connectivity index (χ4n) is 2.82. The highest BCUT2D eigenvalue weighted by molar-refractivity contribution is 5.98. The average Bonchev–Trinajstić information content (AvgIpc) is 2.79. The van der Waals surface area contributed by atoms with Crippen molar-refractivity contribution in [2.75, 3.05) is 12.3 Å². The number of amides is 1. The van der Waals surface area contributed by atoms with Crippen molar-refractivity contribution in [3.05, 3.63) is 11.4 Å². The minimum Gasteiger partial charge on any atom is -0.395 e. The van der Waals surface area contributed by atoms with Crippen LogP contribution in [0.5, 0.6) is 0 Å². The first-order chi connectivity index (χ1) is 9.78. The minimum absolute atomic E-state index is 0.0718. The smallest absolute Gasteiger partial charge is 0.274 e. The Kier molecular flexibility index (Phi) is 4.27. The van der Waals surface area contributed by atoms with Crippen LogP contribution in [0.2, 0.25) is 0 Å². The molecule has 1 aromatic heterocycles. The van der Waals surface area contributed by atoms with E-state index in [-0.39, 0.29) is 35.1 Å². The Labute approximate surface area is 125 Å². The molecule has 2 rings (SSSR count). The maximum atomic E-state index is 12.3. The van der Waals surface area contributed by atoms with Gasteiger partial charge in [-0.05, 0) is 19.3 Å². The monoisotopic (exact) mass is 294 g/mol. The highest BCUT2D eigenvalue weighted by atomic mass is 16.5. The summed E-state index contributed by atoms with van der Waals surface area (Å²) >= 11 is 0. The third-order valence-electron chi connectivity index (χ3n) is 4.48. The van der Waals surface area contributed by atoms with Crippen molar-refractivity contribution in [1.29, 1.82) is 0 Å². The number of nitrogens with one attached hydrogen (secondary N) is 2. The van der Waals surface area contributed by atoms with E-state index in [2.05, 4.69) is 29.4 Å². The molecule has 1 heterocycles. The van der Waals surface area contributed by atoms with Crippen LogP contribution in [0, 0.1) is 5.41 Å². The number of carbonyl (C=O) groups is 1. The number of H-pyrrole nitrogens is 1. The Morgan fingerprint density at radius 1 is 1.57 bits per heavy atom. The summed E-state index contributed by atoms with van der Waals surface area (Å²) in [4.78, 5) is 12.3. The number of nitrogen functional groups attached to an aromatic ring is 1. The number of ether oxygens (including phenoxy) is 1. The molecule has 6 nitrogen and oxygen atoms in total. The van der Waals surface area contributed by atoms with Crippen molar-refractivity contribution in [3.8, 4) is 0 Å². The normalized spacial score (nSPS) is 23.9. The minimum atomic E-state index is -0.219. The van der Waals surface area contributed by atoms with Crippen molar-refractivity contribution in [2.24, 2.45) is 5.41 Å². The number of carbonyl (C=O) groups excluding carboxylic acids is 1. The van der Waals surface area contributed by atoms with E-state index in [0.29, 0.717) is 12.3 Å². The molecule has 2 atom stereocenters. The second-order valence-electron chi connectivity index (χ2n) is 6.58. The third kappa shape index (κ3) is 2.77. The van der Waals surface area contributed by atoms with Crippen LogP contribution < -0.4 is 11.1 Å². The molecular weight excluding hydrogens is 268 g/mol. The standard InChI is InChI=1S/C15H26N4O2/c1-6-21-10-7-9(15(10,4)5)17-14(20)13-11(16)12(8(2)3)18-19-13/h8-10H,6-7,16H2,1-5H3,(H,17,20)(H,18,19). The Balaban J connectivity index is 2.03. The first-order valence-corrected chi connectivity index (χ1v) is 7.55. The molecule has 1 saturated carbocycles. The highest BCUT2D eigenvalue weighted by Gasteiger charge is 2.49. The van der Waals surface area contributed by atoms with Crippen LogP contribution in [0.15, 0.2) is 0 Å². The lowest BCUT2D eigenvalue weighted by atomic mass is 9.64. The van der Waals surface area contributed by atoms with Crippen molar-refractivity contribution in [3.63, 3.8) is 0 Å². The van der Waals surface area contributed by atoms with Crippen molar-refractivity contribution in [2.45, 2.75) is 59.1 Å². The lowest BCUT2D eigenvalue weighted by Crippen LogP contribution is -2.62. The zero-order chi connectivity index (χ0) is 15.8. The van der Waals surface area contributed by atoms with Crippen LogP contribution in [0.3, 0.4) is 0 Å². The summed E-state index contributed by atoms with van der Waals surface area (Å²) in [6.07, 6.45) is 1.02. The Morgan fingerprint density at radius 2 is 2.24 bits per heavy atom. The van der Waals surface area contributed by atoms with E-state index >= 15 is 0 Å². The SMILES string of the molecule is CCOC1CC(NC(=O)c2n[nH]c(C(C)C)c2N)C1(C)C. The van der Waals surface area contributed by atoms with Gasteiger partial charge in [0.05, 0.1) is 17.5 Å². The van der Waals surface area contributed by atoms with Crippen molar-refractivity contribution in [1.82, 2.24) is 15.5 Å². The van der Waals surface area contributed by atoms with Crippen LogP contribution in [0.4, 0.5) is 5.69 Å². The molecule has 4 N–H and O–H groups in total. The maximum Gasteiger partial charge on any atom is 0.274 e. The summed E-state index contributed by atoms with van der Waals surface area (Å²) < 4.78 is 5.67. The van der Waals surface area contributed by atoms with Crippen molar-refractivity contribution >= 4 is 11.6 Å². The van der Waals surface area contributed by atoms with Gasteiger partial charge in [-0.2, -0.15) is 5.10 Å². The lowest BCUT2D eigenvalue weighted by Gasteiger charge is -2.51. The average molecular weight is 294 g/mol. The van der Waals surface area contributed by atoms with Gasteiger partial charge in [-0.1, -0.05) is 27.7 Å². The summed E-state index contributed by atoms with van der Waals surface area (Å²) in [7, 11) is 0. The molecule has 0 radical (unpaired) electrons. The van der Waals surface area contributed by atoms with Gasteiger partial charge in [0.15, 0.2) is 5.69 Å². The molecule has 118 valence electrons. The zero-order valence-electron chi connectivity index (χ0n) is 13.5. The van der Waals surface area contributed by atoms with Gasteiger partial charge < -0.3 is 15.8 Å². The predicted molar refractivity (Wildman–Crippen MR) is 82.2 cm³/mol. The molecule has 2 unspecified atom stereocenters. The van der Waals surface area contributed by atoms with Gasteiger partial charge in [-0.25, -0.2) is 0 Å². The molecule has 0 aliphatic heterocycles. The number of aromatic amines is 1. The first-order valence-electron chi connectivity index (χ1n) is 7.55. The Hall–Kier alpha value is -1.56. The molecule has 1 aliphatic rings. The van der Waals surface area contributed by atoms with Crippen LogP contribution in [-0.4, -0.2) is 34.9 Å². The van der Waals surface area contributed by atoms with Gasteiger partial charge >= 0.3 is 0 Å². The van der Waals surface area contributed by atoms with Gasteiger partial charge in [0, 0.05) is 18.1 Å². The van der Waals surface area contributed by atoms with E-state index in [9.17, 15) is 4.79 Å². The quantitative estimate of drug-likeness (QED) is 0.775. The lowest BCUT2D eigenvalue weighted by molar-refractivity contribution is -0.111. The molecule has 0 aromatic carbocycles. The highest BCUT2D eigenvalue weighted by Crippen LogP contribution is 2.42. The van der Waals surface area contributed by atoms with E-state index in [1.165, 1.54) is 0 Å². The van der Waals surface area contributed by atoms with Crippen LogP contribution >= 0.6 is 0 Å². The topological polar surface area (TPSA) is 93.0 Å². The largest absolute Gasteiger partial charge is 0.395 e. The number of aromatic nitrogens is 2. The van der Waals surface area contributed by atoms with E-state index in [1.807, 2.05) is 20.8 Å². The van der Waals surface area contributed by atoms with Crippen LogP contribution in [0.1, 0.15) is 63.1 Å². The number of nitrogens with two attached hydrogens (primary N) is 1. The molecule has 0 saturated heterocycles. The van der Waals surface area contributed by atoms with E-state index in [1.54, 1.807) is 0 Å². The molecule has 1 aliphatic carbocycles. The molecule has 21 heavy (non-hydrogen) atoms. The summed E-state index contributed by atoms with van der Waals surface area (Å²) in [5.74, 6) is -0.00907. The number of hydrogen-bond acceptors (Lipinski definition) is 4. The third-order valence-corrected chi connectivity index (χ3v) is 4.48. The molecule has 0 bridgehead atoms. The summed E-state index contributed by atoms with van der Waals surface area (Å²) in [5.41, 5.74) is 7.47.